The molecule has 0 bridgehead atoms. The molecule has 9 heteroatoms. The zero-order chi connectivity index (χ0) is 24.4. The summed E-state index contributed by atoms with van der Waals surface area (Å²) in [6.07, 6.45) is 2.12. The summed E-state index contributed by atoms with van der Waals surface area (Å²) in [5.74, 6) is -0.655. The number of fused-ring (bicyclic) bond motifs is 1. The first-order valence-electron chi connectivity index (χ1n) is 10.9. The molecule has 0 spiro atoms. The molecule has 0 amide bonds. The first-order valence-corrected chi connectivity index (χ1v) is 10.9. The van der Waals surface area contributed by atoms with Crippen molar-refractivity contribution in [3.8, 4) is 5.69 Å². The van der Waals surface area contributed by atoms with E-state index in [9.17, 15) is 18.8 Å². The van der Waals surface area contributed by atoms with Crippen LogP contribution in [0.3, 0.4) is 0 Å². The molecule has 0 saturated carbocycles. The van der Waals surface area contributed by atoms with E-state index < -0.39 is 23.0 Å². The van der Waals surface area contributed by atoms with Crippen molar-refractivity contribution >= 4 is 17.1 Å². The molecule has 0 fully saturated rings. The second-order valence-corrected chi connectivity index (χ2v) is 8.47. The molecule has 0 aliphatic carbocycles. The van der Waals surface area contributed by atoms with Crippen molar-refractivity contribution in [1.82, 2.24) is 18.7 Å². The van der Waals surface area contributed by atoms with Crippen molar-refractivity contribution in [2.45, 2.75) is 33.4 Å². The van der Waals surface area contributed by atoms with E-state index in [0.29, 0.717) is 24.2 Å². The standard InChI is InChI=1S/C25H25FN4O4/c1-16(2)11-12-29-23(31)21-22(30(25(29)33)20-6-4-5-19(26)13-20)27-15-28(21)14-17-7-9-18(10-8-17)24(32)34-3/h4-10,13,15-16H,11-12,14H2,1-3H3. The molecule has 8 nitrogen and oxygen atoms in total. The molecule has 0 saturated heterocycles. The molecule has 0 aliphatic heterocycles. The molecule has 0 atom stereocenters. The highest BCUT2D eigenvalue weighted by molar-refractivity contribution is 5.89. The van der Waals surface area contributed by atoms with Crippen LogP contribution in [-0.2, 0) is 17.8 Å². The Morgan fingerprint density at radius 2 is 1.85 bits per heavy atom. The summed E-state index contributed by atoms with van der Waals surface area (Å²) in [6.45, 7) is 4.55. The number of aromatic nitrogens is 4. The third-order valence-electron chi connectivity index (χ3n) is 5.62. The summed E-state index contributed by atoms with van der Waals surface area (Å²) in [4.78, 5) is 42.8. The van der Waals surface area contributed by atoms with E-state index in [4.69, 9.17) is 4.74 Å². The Bertz CT molecular complexity index is 1470. The number of nitrogens with zero attached hydrogens (tertiary/aromatic N) is 4. The van der Waals surface area contributed by atoms with Gasteiger partial charge < -0.3 is 9.30 Å². The molecule has 0 aliphatic rings. The third-order valence-corrected chi connectivity index (χ3v) is 5.62. The normalized spacial score (nSPS) is 11.3. The zero-order valence-electron chi connectivity index (χ0n) is 19.2. The maximum absolute atomic E-state index is 14.0. The van der Waals surface area contributed by atoms with Gasteiger partial charge in [0.05, 0.1) is 24.7 Å². The number of halogens is 1. The first-order chi connectivity index (χ1) is 16.3. The number of methoxy groups -OCH3 is 1. The number of imidazole rings is 1. The number of carbonyl (C=O) groups is 1. The Labute approximate surface area is 194 Å². The van der Waals surface area contributed by atoms with Gasteiger partial charge in [0.2, 0.25) is 0 Å². The molecular formula is C25H25FN4O4. The molecule has 34 heavy (non-hydrogen) atoms. The summed E-state index contributed by atoms with van der Waals surface area (Å²) in [6, 6.07) is 12.4. The summed E-state index contributed by atoms with van der Waals surface area (Å²) >= 11 is 0. The lowest BCUT2D eigenvalue weighted by Crippen LogP contribution is -2.40. The van der Waals surface area contributed by atoms with Crippen molar-refractivity contribution < 1.29 is 13.9 Å². The molecule has 4 rings (SSSR count). The maximum Gasteiger partial charge on any atom is 0.337 e. The molecule has 2 aromatic carbocycles. The van der Waals surface area contributed by atoms with Gasteiger partial charge in [0.1, 0.15) is 5.82 Å². The second kappa shape index (κ2) is 9.46. The number of carbonyl (C=O) groups excluding carboxylic acids is 1. The Kier molecular flexibility index (Phi) is 6.45. The molecule has 176 valence electrons. The lowest BCUT2D eigenvalue weighted by Gasteiger charge is -2.14. The maximum atomic E-state index is 14.0. The second-order valence-electron chi connectivity index (χ2n) is 8.47. The van der Waals surface area contributed by atoms with Gasteiger partial charge in [-0.05, 0) is 48.2 Å². The number of hydrogen-bond acceptors (Lipinski definition) is 5. The Balaban J connectivity index is 1.87. The molecule has 0 unspecified atom stereocenters. The van der Waals surface area contributed by atoms with Gasteiger partial charge in [0.25, 0.3) is 5.56 Å². The van der Waals surface area contributed by atoms with E-state index in [1.807, 2.05) is 13.8 Å². The average Bonchev–Trinajstić information content (AvgIpc) is 3.22. The lowest BCUT2D eigenvalue weighted by molar-refractivity contribution is 0.0600. The molecule has 0 N–H and O–H groups in total. The van der Waals surface area contributed by atoms with Crippen molar-refractivity contribution in [2.24, 2.45) is 5.92 Å². The number of rotatable bonds is 7. The van der Waals surface area contributed by atoms with E-state index >= 15 is 0 Å². The predicted molar refractivity (Wildman–Crippen MR) is 126 cm³/mol. The molecule has 4 aromatic rings. The third kappa shape index (κ3) is 4.41. The smallest absolute Gasteiger partial charge is 0.337 e. The summed E-state index contributed by atoms with van der Waals surface area (Å²) in [5, 5.41) is 0. The van der Waals surface area contributed by atoms with Gasteiger partial charge >= 0.3 is 11.7 Å². The van der Waals surface area contributed by atoms with Gasteiger partial charge in [0.15, 0.2) is 11.2 Å². The molecular weight excluding hydrogens is 439 g/mol. The Morgan fingerprint density at radius 1 is 1.12 bits per heavy atom. The largest absolute Gasteiger partial charge is 0.465 e. The van der Waals surface area contributed by atoms with Crippen LogP contribution in [0.1, 0.15) is 36.2 Å². The van der Waals surface area contributed by atoms with E-state index in [1.165, 1.54) is 40.8 Å². The summed E-state index contributed by atoms with van der Waals surface area (Å²) < 4.78 is 22.8. The first kappa shape index (κ1) is 23.2. The fourth-order valence-corrected chi connectivity index (χ4v) is 3.79. The van der Waals surface area contributed by atoms with E-state index in [0.717, 1.165) is 5.56 Å². The van der Waals surface area contributed by atoms with Crippen LogP contribution < -0.4 is 11.2 Å². The fraction of sp³-hybridized carbons (Fsp3) is 0.280. The molecule has 2 heterocycles. The topological polar surface area (TPSA) is 88.1 Å². The van der Waals surface area contributed by atoms with Crippen LogP contribution in [0.4, 0.5) is 4.39 Å². The quantitative estimate of drug-likeness (QED) is 0.392. The van der Waals surface area contributed by atoms with Gasteiger partial charge in [-0.2, -0.15) is 0 Å². The van der Waals surface area contributed by atoms with Crippen molar-refractivity contribution in [3.05, 3.63) is 92.6 Å². The molecule has 0 radical (unpaired) electrons. The van der Waals surface area contributed by atoms with Crippen LogP contribution in [0, 0.1) is 11.7 Å². The highest BCUT2D eigenvalue weighted by Gasteiger charge is 2.20. The van der Waals surface area contributed by atoms with Crippen LogP contribution in [0.2, 0.25) is 0 Å². The molecule has 2 aromatic heterocycles. The highest BCUT2D eigenvalue weighted by Crippen LogP contribution is 2.16. The van der Waals surface area contributed by atoms with Crippen LogP contribution in [0.25, 0.3) is 16.9 Å². The number of hydrogen-bond donors (Lipinski definition) is 0. The van der Waals surface area contributed by atoms with Gasteiger partial charge in [-0.15, -0.1) is 0 Å². The Hall–Kier alpha value is -4.01. The fourth-order valence-electron chi connectivity index (χ4n) is 3.79. The Morgan fingerprint density at radius 3 is 2.50 bits per heavy atom. The summed E-state index contributed by atoms with van der Waals surface area (Å²) in [5.41, 5.74) is 0.924. The summed E-state index contributed by atoms with van der Waals surface area (Å²) in [7, 11) is 1.32. The lowest BCUT2D eigenvalue weighted by atomic mass is 10.1. The van der Waals surface area contributed by atoms with E-state index in [1.54, 1.807) is 34.9 Å². The van der Waals surface area contributed by atoms with Crippen molar-refractivity contribution in [2.75, 3.05) is 7.11 Å². The minimum absolute atomic E-state index is 0.160. The number of benzene rings is 2. The van der Waals surface area contributed by atoms with Crippen LogP contribution in [-0.4, -0.2) is 31.8 Å². The van der Waals surface area contributed by atoms with Crippen LogP contribution >= 0.6 is 0 Å². The van der Waals surface area contributed by atoms with Gasteiger partial charge in [-0.1, -0.05) is 32.0 Å². The zero-order valence-corrected chi connectivity index (χ0v) is 19.2. The van der Waals surface area contributed by atoms with Crippen molar-refractivity contribution in [3.63, 3.8) is 0 Å². The average molecular weight is 464 g/mol. The minimum atomic E-state index is -0.559. The SMILES string of the molecule is COC(=O)c1ccc(Cn2cnc3c2c(=O)n(CCC(C)C)c(=O)n3-c2cccc(F)c2)cc1. The van der Waals surface area contributed by atoms with Gasteiger partial charge in [-0.3, -0.25) is 9.36 Å². The van der Waals surface area contributed by atoms with Crippen LogP contribution in [0.15, 0.2) is 64.4 Å². The van der Waals surface area contributed by atoms with Gasteiger partial charge in [0, 0.05) is 13.1 Å². The van der Waals surface area contributed by atoms with E-state index in [2.05, 4.69) is 4.98 Å². The monoisotopic (exact) mass is 464 g/mol. The predicted octanol–water partition coefficient (Wildman–Crippen LogP) is 3.37. The number of ether oxygens (including phenoxy) is 1. The minimum Gasteiger partial charge on any atom is -0.465 e. The van der Waals surface area contributed by atoms with Crippen LogP contribution in [0.5, 0.6) is 0 Å². The van der Waals surface area contributed by atoms with Crippen molar-refractivity contribution in [1.29, 1.82) is 0 Å². The number of esters is 1. The van der Waals surface area contributed by atoms with Gasteiger partial charge in [-0.25, -0.2) is 23.5 Å². The van der Waals surface area contributed by atoms with E-state index in [-0.39, 0.29) is 23.6 Å². The highest BCUT2D eigenvalue weighted by atomic mass is 19.1.